The van der Waals surface area contributed by atoms with Crippen molar-refractivity contribution >= 4 is 11.8 Å². The summed E-state index contributed by atoms with van der Waals surface area (Å²) < 4.78 is 5.65. The summed E-state index contributed by atoms with van der Waals surface area (Å²) in [5, 5.41) is 5.33. The fourth-order valence-electron chi connectivity index (χ4n) is 2.31. The number of morpholine rings is 1. The smallest absolute Gasteiger partial charge is 0.269 e. The minimum Gasteiger partial charge on any atom is -0.375 e. The van der Waals surface area contributed by atoms with Gasteiger partial charge in [0.1, 0.15) is 5.69 Å². The Morgan fingerprint density at radius 2 is 2.27 bits per heavy atom. The molecule has 2 heterocycles. The van der Waals surface area contributed by atoms with Crippen molar-refractivity contribution in [3.8, 4) is 0 Å². The molecule has 1 fully saturated rings. The van der Waals surface area contributed by atoms with Crippen LogP contribution in [0.15, 0.2) is 18.3 Å². The van der Waals surface area contributed by atoms with E-state index in [2.05, 4.69) is 27.6 Å². The number of carbonyl (C=O) groups is 2. The highest BCUT2D eigenvalue weighted by molar-refractivity contribution is 5.98. The Bertz CT molecular complexity index is 535. The second kappa shape index (κ2) is 7.86. The van der Waals surface area contributed by atoms with Crippen molar-refractivity contribution in [2.75, 3.05) is 40.3 Å². The third kappa shape index (κ3) is 4.51. The van der Waals surface area contributed by atoms with Gasteiger partial charge in [-0.2, -0.15) is 0 Å². The van der Waals surface area contributed by atoms with E-state index in [9.17, 15) is 9.59 Å². The molecule has 1 aromatic rings. The predicted molar refractivity (Wildman–Crippen MR) is 81.8 cm³/mol. The summed E-state index contributed by atoms with van der Waals surface area (Å²) in [6, 6.07) is 3.08. The summed E-state index contributed by atoms with van der Waals surface area (Å²) in [6.07, 6.45) is 2.38. The maximum atomic E-state index is 12.1. The topological polar surface area (TPSA) is 83.6 Å². The van der Waals surface area contributed by atoms with E-state index in [-0.39, 0.29) is 23.6 Å². The highest BCUT2D eigenvalue weighted by Crippen LogP contribution is 2.07. The van der Waals surface area contributed by atoms with E-state index < -0.39 is 0 Å². The zero-order valence-corrected chi connectivity index (χ0v) is 13.0. The van der Waals surface area contributed by atoms with E-state index in [1.54, 1.807) is 6.07 Å². The molecule has 0 radical (unpaired) electrons. The van der Waals surface area contributed by atoms with Crippen LogP contribution in [0, 0.1) is 0 Å². The monoisotopic (exact) mass is 306 g/mol. The summed E-state index contributed by atoms with van der Waals surface area (Å²) in [4.78, 5) is 29.8. The standard InChI is InChI=1S/C15H22N4O3/c1-16-15(21)13-9-11(3-5-17-13)14(20)18-6-4-12-10-19(2)7-8-22-12/h3,5,9,12H,4,6-8,10H2,1-2H3,(H,16,21)(H,18,20). The molecule has 0 aromatic carbocycles. The minimum atomic E-state index is -0.312. The Hall–Kier alpha value is -1.99. The van der Waals surface area contributed by atoms with Gasteiger partial charge in [0.2, 0.25) is 0 Å². The van der Waals surface area contributed by atoms with Crippen molar-refractivity contribution in [2.45, 2.75) is 12.5 Å². The highest BCUT2D eigenvalue weighted by atomic mass is 16.5. The van der Waals surface area contributed by atoms with E-state index in [4.69, 9.17) is 4.74 Å². The second-order valence-electron chi connectivity index (χ2n) is 5.31. The summed E-state index contributed by atoms with van der Waals surface area (Å²) in [5.74, 6) is -0.523. The third-order valence-electron chi connectivity index (χ3n) is 3.58. The maximum absolute atomic E-state index is 12.1. The van der Waals surface area contributed by atoms with Crippen LogP contribution >= 0.6 is 0 Å². The molecule has 2 rings (SSSR count). The van der Waals surface area contributed by atoms with Gasteiger partial charge in [-0.05, 0) is 25.6 Å². The van der Waals surface area contributed by atoms with E-state index in [0.29, 0.717) is 12.1 Å². The zero-order valence-electron chi connectivity index (χ0n) is 13.0. The molecule has 1 aliphatic heterocycles. The van der Waals surface area contributed by atoms with Gasteiger partial charge in [0.15, 0.2) is 0 Å². The molecule has 0 spiro atoms. The van der Waals surface area contributed by atoms with Crippen LogP contribution in [0.1, 0.15) is 27.3 Å². The van der Waals surface area contributed by atoms with Gasteiger partial charge in [-0.25, -0.2) is 0 Å². The minimum absolute atomic E-state index is 0.151. The molecule has 1 aromatic heterocycles. The van der Waals surface area contributed by atoms with E-state index >= 15 is 0 Å². The van der Waals surface area contributed by atoms with Gasteiger partial charge < -0.3 is 20.3 Å². The molecule has 1 aliphatic rings. The van der Waals surface area contributed by atoms with Crippen LogP contribution in [0.5, 0.6) is 0 Å². The van der Waals surface area contributed by atoms with E-state index in [1.165, 1.54) is 19.3 Å². The lowest BCUT2D eigenvalue weighted by atomic mass is 10.2. The van der Waals surface area contributed by atoms with Gasteiger partial charge in [0, 0.05) is 38.4 Å². The molecule has 2 N–H and O–H groups in total. The van der Waals surface area contributed by atoms with Crippen molar-refractivity contribution < 1.29 is 14.3 Å². The quantitative estimate of drug-likeness (QED) is 0.793. The first-order valence-corrected chi connectivity index (χ1v) is 7.36. The average molecular weight is 306 g/mol. The fourth-order valence-corrected chi connectivity index (χ4v) is 2.31. The van der Waals surface area contributed by atoms with Gasteiger partial charge >= 0.3 is 0 Å². The summed E-state index contributed by atoms with van der Waals surface area (Å²) in [5.41, 5.74) is 0.655. The molecule has 120 valence electrons. The van der Waals surface area contributed by atoms with Gasteiger partial charge in [0.25, 0.3) is 11.8 Å². The average Bonchev–Trinajstić information content (AvgIpc) is 2.54. The van der Waals surface area contributed by atoms with Crippen LogP contribution in [-0.4, -0.2) is 68.1 Å². The number of pyridine rings is 1. The van der Waals surface area contributed by atoms with Crippen molar-refractivity contribution in [3.63, 3.8) is 0 Å². The number of rotatable bonds is 5. The van der Waals surface area contributed by atoms with Crippen molar-refractivity contribution in [1.82, 2.24) is 20.5 Å². The summed E-state index contributed by atoms with van der Waals surface area (Å²) >= 11 is 0. The van der Waals surface area contributed by atoms with Crippen LogP contribution in [0.3, 0.4) is 0 Å². The van der Waals surface area contributed by atoms with Crippen LogP contribution in [-0.2, 0) is 4.74 Å². The fraction of sp³-hybridized carbons (Fsp3) is 0.533. The van der Waals surface area contributed by atoms with Crippen LogP contribution in [0.25, 0.3) is 0 Å². The van der Waals surface area contributed by atoms with Crippen molar-refractivity contribution in [2.24, 2.45) is 0 Å². The van der Waals surface area contributed by atoms with Crippen LogP contribution in [0.2, 0.25) is 0 Å². The zero-order chi connectivity index (χ0) is 15.9. The molecule has 2 amide bonds. The van der Waals surface area contributed by atoms with Crippen molar-refractivity contribution in [1.29, 1.82) is 0 Å². The number of hydrogen-bond acceptors (Lipinski definition) is 5. The molecular weight excluding hydrogens is 284 g/mol. The first kappa shape index (κ1) is 16.4. The Morgan fingerprint density at radius 1 is 1.45 bits per heavy atom. The molecule has 1 atom stereocenters. The number of carbonyl (C=O) groups excluding carboxylic acids is 2. The van der Waals surface area contributed by atoms with Crippen LogP contribution in [0.4, 0.5) is 0 Å². The highest BCUT2D eigenvalue weighted by Gasteiger charge is 2.17. The number of ether oxygens (including phenoxy) is 1. The van der Waals surface area contributed by atoms with E-state index in [0.717, 1.165) is 26.1 Å². The van der Waals surface area contributed by atoms with Gasteiger partial charge in [-0.15, -0.1) is 0 Å². The first-order valence-electron chi connectivity index (χ1n) is 7.36. The Morgan fingerprint density at radius 3 is 3.00 bits per heavy atom. The molecule has 7 heteroatoms. The first-order chi connectivity index (χ1) is 10.6. The Labute approximate surface area is 130 Å². The Balaban J connectivity index is 1.83. The number of nitrogens with zero attached hydrogens (tertiary/aromatic N) is 2. The molecule has 1 saturated heterocycles. The van der Waals surface area contributed by atoms with Gasteiger partial charge in [-0.1, -0.05) is 0 Å². The molecule has 22 heavy (non-hydrogen) atoms. The lowest BCUT2D eigenvalue weighted by Gasteiger charge is -2.30. The van der Waals surface area contributed by atoms with E-state index in [1.807, 2.05) is 0 Å². The van der Waals surface area contributed by atoms with Crippen molar-refractivity contribution in [3.05, 3.63) is 29.6 Å². The molecular formula is C15H22N4O3. The predicted octanol–water partition coefficient (Wildman–Crippen LogP) is -0.108. The molecule has 7 nitrogen and oxygen atoms in total. The lowest BCUT2D eigenvalue weighted by molar-refractivity contribution is -0.0226. The van der Waals surface area contributed by atoms with Gasteiger partial charge in [0.05, 0.1) is 12.7 Å². The van der Waals surface area contributed by atoms with Crippen LogP contribution < -0.4 is 10.6 Å². The number of hydrogen-bond donors (Lipinski definition) is 2. The lowest BCUT2D eigenvalue weighted by Crippen LogP contribution is -2.41. The Kier molecular flexibility index (Phi) is 5.85. The number of nitrogens with one attached hydrogen (secondary N) is 2. The molecule has 0 saturated carbocycles. The number of amides is 2. The maximum Gasteiger partial charge on any atom is 0.269 e. The third-order valence-corrected chi connectivity index (χ3v) is 3.58. The summed E-state index contributed by atoms with van der Waals surface area (Å²) in [6.45, 7) is 3.10. The van der Waals surface area contributed by atoms with Gasteiger partial charge in [-0.3, -0.25) is 14.6 Å². The normalized spacial score (nSPS) is 18.7. The number of likely N-dealkylation sites (N-methyl/N-ethyl adjacent to an activating group) is 1. The SMILES string of the molecule is CNC(=O)c1cc(C(=O)NCCC2CN(C)CCO2)ccn1. The second-order valence-corrected chi connectivity index (χ2v) is 5.31. The summed E-state index contributed by atoms with van der Waals surface area (Å²) in [7, 11) is 3.59. The molecule has 1 unspecified atom stereocenters. The molecule has 0 aliphatic carbocycles. The molecule has 0 bridgehead atoms. The number of aromatic nitrogens is 1. The largest absolute Gasteiger partial charge is 0.375 e.